The summed E-state index contributed by atoms with van der Waals surface area (Å²) >= 11 is 0. The largest absolute Gasteiger partial charge is 0.361 e. The molecule has 0 bridgehead atoms. The average molecular weight is 206 g/mol. The zero-order valence-corrected chi connectivity index (χ0v) is 9.20. The molecule has 1 aromatic rings. The van der Waals surface area contributed by atoms with Crippen molar-refractivity contribution in [3.8, 4) is 0 Å². The molecule has 0 spiro atoms. The van der Waals surface area contributed by atoms with Gasteiger partial charge in [0.05, 0.1) is 5.69 Å². The van der Waals surface area contributed by atoms with Crippen LogP contribution in [0.25, 0.3) is 0 Å². The van der Waals surface area contributed by atoms with Crippen LogP contribution in [0.5, 0.6) is 0 Å². The van der Waals surface area contributed by atoms with Crippen LogP contribution >= 0.6 is 0 Å². The predicted octanol–water partition coefficient (Wildman–Crippen LogP) is 2.32. The quantitative estimate of drug-likeness (QED) is 0.808. The molecule has 2 unspecified atom stereocenters. The van der Waals surface area contributed by atoms with E-state index in [0.29, 0.717) is 11.8 Å². The maximum Gasteiger partial charge on any atom is 0.140 e. The van der Waals surface area contributed by atoms with Crippen LogP contribution in [0, 0.1) is 0 Å². The summed E-state index contributed by atoms with van der Waals surface area (Å²) in [6, 6.07) is 0.223. The summed E-state index contributed by atoms with van der Waals surface area (Å²) < 4.78 is 5.46. The van der Waals surface area contributed by atoms with Gasteiger partial charge in [-0.1, -0.05) is 5.16 Å². The van der Waals surface area contributed by atoms with E-state index < -0.39 is 0 Å². The van der Waals surface area contributed by atoms with Gasteiger partial charge in [-0.15, -0.1) is 0 Å². The maximum absolute atomic E-state index is 6.06. The summed E-state index contributed by atoms with van der Waals surface area (Å²) in [4.78, 5) is 0. The molecule has 3 rings (SSSR count). The Morgan fingerprint density at radius 2 is 2.20 bits per heavy atom. The number of nitrogens with two attached hydrogens (primary N) is 1. The van der Waals surface area contributed by atoms with Crippen LogP contribution in [-0.4, -0.2) is 11.2 Å². The molecule has 0 radical (unpaired) electrons. The van der Waals surface area contributed by atoms with Crippen molar-refractivity contribution >= 4 is 0 Å². The molecule has 1 aromatic heterocycles. The second-order valence-corrected chi connectivity index (χ2v) is 5.04. The molecule has 82 valence electrons. The number of rotatable bonds is 2. The normalized spacial score (nSPS) is 27.5. The lowest BCUT2D eigenvalue weighted by molar-refractivity contribution is 0.356. The van der Waals surface area contributed by atoms with E-state index in [-0.39, 0.29) is 6.04 Å². The van der Waals surface area contributed by atoms with Gasteiger partial charge in [0, 0.05) is 29.9 Å². The fourth-order valence-corrected chi connectivity index (χ4v) is 2.73. The van der Waals surface area contributed by atoms with Crippen LogP contribution in [0.2, 0.25) is 0 Å². The van der Waals surface area contributed by atoms with Crippen molar-refractivity contribution in [2.24, 2.45) is 5.73 Å². The molecule has 1 saturated carbocycles. The number of nitrogens with zero attached hydrogens (tertiary/aromatic N) is 1. The van der Waals surface area contributed by atoms with Gasteiger partial charge in [0.1, 0.15) is 5.76 Å². The third-order valence-corrected chi connectivity index (χ3v) is 3.72. The Morgan fingerprint density at radius 3 is 2.87 bits per heavy atom. The minimum absolute atomic E-state index is 0.223. The van der Waals surface area contributed by atoms with Crippen LogP contribution in [0.3, 0.4) is 0 Å². The van der Waals surface area contributed by atoms with Gasteiger partial charge in [-0.3, -0.25) is 0 Å². The highest BCUT2D eigenvalue weighted by molar-refractivity contribution is 5.35. The van der Waals surface area contributed by atoms with Gasteiger partial charge in [0.2, 0.25) is 0 Å². The number of aryl methyl sites for hydroxylation is 1. The highest BCUT2D eigenvalue weighted by Gasteiger charge is 2.36. The van der Waals surface area contributed by atoms with Crippen molar-refractivity contribution in [3.05, 3.63) is 17.0 Å². The molecule has 0 aliphatic heterocycles. The van der Waals surface area contributed by atoms with Crippen molar-refractivity contribution in [2.75, 3.05) is 0 Å². The first-order chi connectivity index (χ1) is 7.27. The second kappa shape index (κ2) is 3.34. The van der Waals surface area contributed by atoms with Gasteiger partial charge in [-0.2, -0.15) is 0 Å². The maximum atomic E-state index is 6.06. The molecule has 0 aromatic carbocycles. The molecule has 0 amide bonds. The molecule has 2 aliphatic rings. The predicted molar refractivity (Wildman–Crippen MR) is 57.8 cm³/mol. The zero-order chi connectivity index (χ0) is 10.4. The molecular formula is C12H18N2O. The molecule has 0 saturated heterocycles. The van der Waals surface area contributed by atoms with Crippen LogP contribution in [0.1, 0.15) is 61.5 Å². The van der Waals surface area contributed by atoms with Crippen molar-refractivity contribution in [1.82, 2.24) is 5.16 Å². The van der Waals surface area contributed by atoms with Crippen LogP contribution in [0.15, 0.2) is 4.52 Å². The standard InChI is InChI=1S/C12H18N2O/c1-7(13)9-3-2-4-10-11(9)12(14-15-10)8-5-6-8/h7-9H,2-6,13H2,1H3. The summed E-state index contributed by atoms with van der Waals surface area (Å²) in [5, 5.41) is 4.26. The van der Waals surface area contributed by atoms with Gasteiger partial charge >= 0.3 is 0 Å². The molecule has 2 N–H and O–H groups in total. The van der Waals surface area contributed by atoms with E-state index in [1.54, 1.807) is 0 Å². The average Bonchev–Trinajstić information content (AvgIpc) is 2.97. The minimum Gasteiger partial charge on any atom is -0.361 e. The SMILES string of the molecule is CC(N)C1CCCc2onc(C3CC3)c21. The van der Waals surface area contributed by atoms with E-state index >= 15 is 0 Å². The zero-order valence-electron chi connectivity index (χ0n) is 9.20. The first-order valence-electron chi connectivity index (χ1n) is 6.01. The van der Waals surface area contributed by atoms with E-state index in [9.17, 15) is 0 Å². The van der Waals surface area contributed by atoms with Gasteiger partial charge in [-0.25, -0.2) is 0 Å². The first-order valence-corrected chi connectivity index (χ1v) is 6.01. The lowest BCUT2D eigenvalue weighted by atomic mass is 9.81. The Bertz CT molecular complexity index is 366. The van der Waals surface area contributed by atoms with Crippen molar-refractivity contribution < 1.29 is 4.52 Å². The van der Waals surface area contributed by atoms with E-state index in [1.807, 2.05) is 0 Å². The summed E-state index contributed by atoms with van der Waals surface area (Å²) in [5.41, 5.74) is 8.66. The van der Waals surface area contributed by atoms with Crippen molar-refractivity contribution in [2.45, 2.75) is 56.9 Å². The van der Waals surface area contributed by atoms with E-state index in [0.717, 1.165) is 12.2 Å². The molecule has 15 heavy (non-hydrogen) atoms. The Balaban J connectivity index is 2.02. The fourth-order valence-electron chi connectivity index (χ4n) is 2.73. The van der Waals surface area contributed by atoms with Crippen molar-refractivity contribution in [3.63, 3.8) is 0 Å². The van der Waals surface area contributed by atoms with Gasteiger partial charge in [0.25, 0.3) is 0 Å². The highest BCUT2D eigenvalue weighted by Crippen LogP contribution is 2.46. The summed E-state index contributed by atoms with van der Waals surface area (Å²) in [5.74, 6) is 2.28. The molecule has 3 nitrogen and oxygen atoms in total. The van der Waals surface area contributed by atoms with Crippen LogP contribution < -0.4 is 5.73 Å². The molecular weight excluding hydrogens is 188 g/mol. The van der Waals surface area contributed by atoms with E-state index in [2.05, 4.69) is 12.1 Å². The van der Waals surface area contributed by atoms with E-state index in [4.69, 9.17) is 10.3 Å². The van der Waals surface area contributed by atoms with E-state index in [1.165, 1.54) is 36.9 Å². The van der Waals surface area contributed by atoms with Crippen LogP contribution in [0.4, 0.5) is 0 Å². The topological polar surface area (TPSA) is 52.0 Å². The highest BCUT2D eigenvalue weighted by atomic mass is 16.5. The Kier molecular flexibility index (Phi) is 2.09. The Hall–Kier alpha value is -0.830. The summed E-state index contributed by atoms with van der Waals surface area (Å²) in [7, 11) is 0. The van der Waals surface area contributed by atoms with Gasteiger partial charge in [0.15, 0.2) is 0 Å². The van der Waals surface area contributed by atoms with Gasteiger partial charge in [-0.05, 0) is 32.6 Å². The summed E-state index contributed by atoms with van der Waals surface area (Å²) in [6.45, 7) is 2.10. The molecule has 2 atom stereocenters. The first kappa shape index (κ1) is 9.40. The molecule has 3 heteroatoms. The molecule has 2 aliphatic carbocycles. The molecule has 1 heterocycles. The lowest BCUT2D eigenvalue weighted by Gasteiger charge is -2.25. The summed E-state index contributed by atoms with van der Waals surface area (Å²) in [6.07, 6.45) is 6.01. The number of hydrogen-bond acceptors (Lipinski definition) is 3. The Labute approximate surface area is 90.0 Å². The minimum atomic E-state index is 0.223. The van der Waals surface area contributed by atoms with Crippen molar-refractivity contribution in [1.29, 1.82) is 0 Å². The number of hydrogen-bond donors (Lipinski definition) is 1. The lowest BCUT2D eigenvalue weighted by Crippen LogP contribution is -2.28. The number of fused-ring (bicyclic) bond motifs is 1. The van der Waals surface area contributed by atoms with Crippen LogP contribution in [-0.2, 0) is 6.42 Å². The Morgan fingerprint density at radius 1 is 1.40 bits per heavy atom. The monoisotopic (exact) mass is 206 g/mol. The fraction of sp³-hybridized carbons (Fsp3) is 0.750. The number of aromatic nitrogens is 1. The third kappa shape index (κ3) is 1.49. The third-order valence-electron chi connectivity index (χ3n) is 3.72. The molecule has 1 fully saturated rings. The smallest absolute Gasteiger partial charge is 0.140 e. The van der Waals surface area contributed by atoms with Gasteiger partial charge < -0.3 is 10.3 Å². The second-order valence-electron chi connectivity index (χ2n) is 5.04.